The number of thiazole rings is 1. The molecule has 128 valence electrons. The van der Waals surface area contributed by atoms with Crippen molar-refractivity contribution >= 4 is 57.2 Å². The molecule has 1 heterocycles. The molecule has 0 aliphatic carbocycles. The second-order valence-corrected chi connectivity index (χ2v) is 7.44. The number of halogens is 4. The van der Waals surface area contributed by atoms with E-state index in [1.54, 1.807) is 18.3 Å². The van der Waals surface area contributed by atoms with E-state index < -0.39 is 11.7 Å². The monoisotopic (exact) mass is 414 g/mol. The number of hydrogen-bond acceptors (Lipinski definition) is 3. The number of nitrogens with one attached hydrogen (secondary N) is 1. The van der Waals surface area contributed by atoms with E-state index >= 15 is 0 Å². The maximum absolute atomic E-state index is 13.8. The number of carbonyl (C=O) groups is 1. The normalized spacial score (nSPS) is 10.7. The largest absolute Gasteiger partial charge is 0.298 e. The van der Waals surface area contributed by atoms with Gasteiger partial charge < -0.3 is 0 Å². The zero-order valence-electron chi connectivity index (χ0n) is 12.5. The van der Waals surface area contributed by atoms with Gasteiger partial charge >= 0.3 is 0 Å². The molecule has 0 bridgehead atoms. The van der Waals surface area contributed by atoms with E-state index in [2.05, 4.69) is 10.3 Å². The Morgan fingerprint density at radius 2 is 1.92 bits per heavy atom. The number of anilines is 1. The average Bonchev–Trinajstić information content (AvgIpc) is 2.98. The molecule has 2 aromatic carbocycles. The number of carbonyl (C=O) groups excluding carboxylic acids is 1. The number of benzene rings is 2. The van der Waals surface area contributed by atoms with Crippen LogP contribution in [0.2, 0.25) is 15.1 Å². The van der Waals surface area contributed by atoms with Crippen LogP contribution in [0.1, 0.15) is 20.8 Å². The number of rotatable bonds is 4. The van der Waals surface area contributed by atoms with E-state index in [1.807, 2.05) is 6.07 Å². The second-order valence-electron chi connectivity index (χ2n) is 5.11. The Morgan fingerprint density at radius 1 is 1.12 bits per heavy atom. The van der Waals surface area contributed by atoms with Crippen LogP contribution >= 0.6 is 46.1 Å². The maximum atomic E-state index is 13.8. The summed E-state index contributed by atoms with van der Waals surface area (Å²) >= 11 is 19.1. The zero-order chi connectivity index (χ0) is 18.0. The lowest BCUT2D eigenvalue weighted by Gasteiger charge is -2.05. The van der Waals surface area contributed by atoms with E-state index in [-0.39, 0.29) is 10.6 Å². The molecule has 0 unspecified atom stereocenters. The molecule has 3 nitrogen and oxygen atoms in total. The van der Waals surface area contributed by atoms with E-state index in [1.165, 1.54) is 29.5 Å². The predicted octanol–water partition coefficient (Wildman–Crippen LogP) is 6.09. The Bertz CT molecular complexity index is 925. The fourth-order valence-corrected chi connectivity index (χ4v) is 3.58. The van der Waals surface area contributed by atoms with E-state index in [4.69, 9.17) is 34.8 Å². The first-order valence-corrected chi connectivity index (χ1v) is 9.03. The summed E-state index contributed by atoms with van der Waals surface area (Å²) in [4.78, 5) is 17.3. The SMILES string of the molecule is O=C(Nc1ncc(Cc2ccc(Cl)c(Cl)c2)s1)c1c(F)cccc1Cl. The minimum atomic E-state index is -0.683. The quantitative estimate of drug-likeness (QED) is 0.560. The van der Waals surface area contributed by atoms with E-state index in [0.29, 0.717) is 21.6 Å². The Hall–Kier alpha value is -1.66. The lowest BCUT2D eigenvalue weighted by Crippen LogP contribution is -2.14. The third kappa shape index (κ3) is 4.30. The summed E-state index contributed by atoms with van der Waals surface area (Å²) in [5, 5.41) is 3.94. The van der Waals surface area contributed by atoms with Crippen LogP contribution < -0.4 is 5.32 Å². The van der Waals surface area contributed by atoms with Crippen molar-refractivity contribution in [2.24, 2.45) is 0 Å². The summed E-state index contributed by atoms with van der Waals surface area (Å²) in [5.41, 5.74) is 0.762. The van der Waals surface area contributed by atoms with Crippen LogP contribution in [0.5, 0.6) is 0 Å². The molecule has 0 saturated carbocycles. The molecule has 25 heavy (non-hydrogen) atoms. The van der Waals surface area contributed by atoms with Gasteiger partial charge in [0.25, 0.3) is 5.91 Å². The van der Waals surface area contributed by atoms with E-state index in [9.17, 15) is 9.18 Å². The molecule has 3 rings (SSSR count). The van der Waals surface area contributed by atoms with Gasteiger partial charge in [-0.2, -0.15) is 0 Å². The van der Waals surface area contributed by atoms with Crippen molar-refractivity contribution in [1.29, 1.82) is 0 Å². The molecule has 1 amide bonds. The van der Waals surface area contributed by atoms with Crippen molar-refractivity contribution < 1.29 is 9.18 Å². The van der Waals surface area contributed by atoms with Crippen molar-refractivity contribution in [1.82, 2.24) is 4.98 Å². The van der Waals surface area contributed by atoms with Crippen LogP contribution in [0, 0.1) is 5.82 Å². The molecule has 8 heteroatoms. The topological polar surface area (TPSA) is 42.0 Å². The molecule has 1 N–H and O–H groups in total. The molecule has 0 fully saturated rings. The van der Waals surface area contributed by atoms with Gasteiger partial charge in [0.1, 0.15) is 5.82 Å². The number of hydrogen-bond donors (Lipinski definition) is 1. The molecule has 0 spiro atoms. The summed E-state index contributed by atoms with van der Waals surface area (Å²) < 4.78 is 13.8. The van der Waals surface area contributed by atoms with Crippen molar-refractivity contribution in [3.05, 3.63) is 79.5 Å². The molecule has 0 radical (unpaired) electrons. The number of aromatic nitrogens is 1. The smallest absolute Gasteiger partial charge is 0.261 e. The van der Waals surface area contributed by atoms with Crippen LogP contribution in [0.15, 0.2) is 42.6 Å². The third-order valence-corrected chi connectivity index (χ3v) is 5.29. The molecule has 0 atom stereocenters. The minimum absolute atomic E-state index is 0.0464. The summed E-state index contributed by atoms with van der Waals surface area (Å²) in [7, 11) is 0. The lowest BCUT2D eigenvalue weighted by atomic mass is 10.1. The predicted molar refractivity (Wildman–Crippen MR) is 101 cm³/mol. The Morgan fingerprint density at radius 3 is 2.64 bits per heavy atom. The zero-order valence-corrected chi connectivity index (χ0v) is 15.6. The first-order valence-electron chi connectivity index (χ1n) is 7.08. The van der Waals surface area contributed by atoms with Gasteiger partial charge in [-0.3, -0.25) is 10.1 Å². The van der Waals surface area contributed by atoms with Gasteiger partial charge in [0, 0.05) is 17.5 Å². The van der Waals surface area contributed by atoms with Gasteiger partial charge in [-0.15, -0.1) is 11.3 Å². The lowest BCUT2D eigenvalue weighted by molar-refractivity contribution is 0.102. The number of nitrogens with zero attached hydrogens (tertiary/aromatic N) is 1. The molecular formula is C17H10Cl3FN2OS. The van der Waals surface area contributed by atoms with Crippen LogP contribution in [-0.2, 0) is 6.42 Å². The van der Waals surface area contributed by atoms with Crippen molar-refractivity contribution in [2.75, 3.05) is 5.32 Å². The number of amides is 1. The molecule has 1 aromatic heterocycles. The van der Waals surface area contributed by atoms with Crippen molar-refractivity contribution in [2.45, 2.75) is 6.42 Å². The first-order chi connectivity index (χ1) is 11.9. The van der Waals surface area contributed by atoms with Gasteiger partial charge in [0.2, 0.25) is 0 Å². The second kappa shape index (κ2) is 7.70. The maximum Gasteiger partial charge on any atom is 0.261 e. The molecular weight excluding hydrogens is 406 g/mol. The van der Waals surface area contributed by atoms with Crippen LogP contribution in [0.4, 0.5) is 9.52 Å². The van der Waals surface area contributed by atoms with Gasteiger partial charge in [0.15, 0.2) is 5.13 Å². The molecule has 3 aromatic rings. The summed E-state index contributed by atoms with van der Waals surface area (Å²) in [6.07, 6.45) is 2.23. The average molecular weight is 416 g/mol. The highest BCUT2D eigenvalue weighted by Gasteiger charge is 2.17. The van der Waals surface area contributed by atoms with Crippen LogP contribution in [0.25, 0.3) is 0 Å². The van der Waals surface area contributed by atoms with Crippen molar-refractivity contribution in [3.63, 3.8) is 0 Å². The standard InChI is InChI=1S/C17H10Cl3FN2OS/c18-11-5-4-9(7-13(11)20)6-10-8-22-17(25-10)23-16(24)15-12(19)2-1-3-14(15)21/h1-5,7-8H,6H2,(H,22,23,24). The highest BCUT2D eigenvalue weighted by atomic mass is 35.5. The molecule has 0 saturated heterocycles. The fourth-order valence-electron chi connectivity index (χ4n) is 2.17. The van der Waals surface area contributed by atoms with Gasteiger partial charge in [-0.1, -0.05) is 46.9 Å². The summed E-state index contributed by atoms with van der Waals surface area (Å²) in [6, 6.07) is 9.44. The Labute approximate surface area is 162 Å². The highest BCUT2D eigenvalue weighted by Crippen LogP contribution is 2.27. The summed E-state index contributed by atoms with van der Waals surface area (Å²) in [5.74, 6) is -1.32. The van der Waals surface area contributed by atoms with Crippen LogP contribution in [0.3, 0.4) is 0 Å². The third-order valence-electron chi connectivity index (χ3n) is 3.33. The summed E-state index contributed by atoms with van der Waals surface area (Å²) in [6.45, 7) is 0. The van der Waals surface area contributed by atoms with Gasteiger partial charge in [0.05, 0.1) is 20.6 Å². The van der Waals surface area contributed by atoms with Gasteiger partial charge in [-0.05, 0) is 29.8 Å². The van der Waals surface area contributed by atoms with Gasteiger partial charge in [-0.25, -0.2) is 9.37 Å². The van der Waals surface area contributed by atoms with E-state index in [0.717, 1.165) is 10.4 Å². The highest BCUT2D eigenvalue weighted by molar-refractivity contribution is 7.15. The Balaban J connectivity index is 1.73. The van der Waals surface area contributed by atoms with Crippen molar-refractivity contribution in [3.8, 4) is 0 Å². The minimum Gasteiger partial charge on any atom is -0.298 e. The van der Waals surface area contributed by atoms with Crippen LogP contribution in [-0.4, -0.2) is 10.9 Å². The molecule has 0 aliphatic heterocycles. The first kappa shape index (κ1) is 18.1. The fraction of sp³-hybridized carbons (Fsp3) is 0.0588. The molecule has 0 aliphatic rings. The Kier molecular flexibility index (Phi) is 5.59.